The van der Waals surface area contributed by atoms with Gasteiger partial charge in [-0.25, -0.2) is 0 Å². The maximum absolute atomic E-state index is 2.33. The second-order valence-corrected chi connectivity index (χ2v) is 5.68. The molecule has 0 heteroatoms. The van der Waals surface area contributed by atoms with Crippen LogP contribution in [0.2, 0.25) is 0 Å². The van der Waals surface area contributed by atoms with E-state index < -0.39 is 0 Å². The molecule has 0 nitrogen and oxygen atoms in total. The van der Waals surface area contributed by atoms with Crippen molar-refractivity contribution in [3.8, 4) is 0 Å². The topological polar surface area (TPSA) is 0 Å². The van der Waals surface area contributed by atoms with E-state index in [1.165, 1.54) is 89.9 Å². The number of allylic oxidation sites excluding steroid dienone is 4. The fraction of sp³-hybridized carbons (Fsp3) is 0.778. The Labute approximate surface area is 115 Å². The van der Waals surface area contributed by atoms with Gasteiger partial charge in [-0.15, -0.1) is 0 Å². The Morgan fingerprint density at radius 3 is 0.944 bits per heavy atom. The molecule has 0 aromatic carbocycles. The minimum Gasteiger partial charge on any atom is -0.0845 e. The van der Waals surface area contributed by atoms with Crippen molar-refractivity contribution < 1.29 is 0 Å². The van der Waals surface area contributed by atoms with Gasteiger partial charge in [-0.2, -0.15) is 0 Å². The van der Waals surface area contributed by atoms with Gasteiger partial charge in [0.25, 0.3) is 0 Å². The van der Waals surface area contributed by atoms with Crippen LogP contribution in [0, 0.1) is 0 Å². The lowest BCUT2D eigenvalue weighted by Crippen LogP contribution is -1.83. The van der Waals surface area contributed by atoms with Crippen LogP contribution >= 0.6 is 0 Å². The minimum atomic E-state index is 1.27. The van der Waals surface area contributed by atoms with Gasteiger partial charge >= 0.3 is 0 Å². The Bertz CT molecular complexity index is 188. The van der Waals surface area contributed by atoms with E-state index in [1.807, 2.05) is 0 Å². The van der Waals surface area contributed by atoms with Crippen LogP contribution in [0.1, 0.15) is 89.9 Å². The summed E-state index contributed by atoms with van der Waals surface area (Å²) in [4.78, 5) is 0. The number of hydrogen-bond acceptors (Lipinski definition) is 0. The Morgan fingerprint density at radius 2 is 0.611 bits per heavy atom. The molecule has 0 aromatic heterocycles. The molecule has 104 valence electrons. The zero-order chi connectivity index (χ0) is 12.7. The first kappa shape index (κ1) is 15.5. The highest BCUT2D eigenvalue weighted by molar-refractivity contribution is 5.02. The van der Waals surface area contributed by atoms with E-state index in [9.17, 15) is 0 Å². The van der Waals surface area contributed by atoms with E-state index in [1.54, 1.807) is 0 Å². The molecule has 0 unspecified atom stereocenters. The van der Waals surface area contributed by atoms with Gasteiger partial charge in [-0.3, -0.25) is 0 Å². The highest BCUT2D eigenvalue weighted by atomic mass is 14.0. The summed E-state index contributed by atoms with van der Waals surface area (Å²) in [6.45, 7) is 0. The highest BCUT2D eigenvalue weighted by Gasteiger charge is 1.93. The standard InChI is InChI=1S/C18H32/c1-2-4-6-8-10-12-14-16-18-17-15-13-11-9-7-5-3-1/h1-4H,5-18H2/b3-1-,4-2+. The van der Waals surface area contributed by atoms with Crippen LogP contribution < -0.4 is 0 Å². The summed E-state index contributed by atoms with van der Waals surface area (Å²) >= 11 is 0. The molecule has 1 aliphatic rings. The molecule has 0 fully saturated rings. The largest absolute Gasteiger partial charge is 0.0845 e. The Hall–Kier alpha value is -0.520. The van der Waals surface area contributed by atoms with Crippen LogP contribution in [-0.2, 0) is 0 Å². The lowest BCUT2D eigenvalue weighted by atomic mass is 10.0. The molecule has 1 rings (SSSR count). The van der Waals surface area contributed by atoms with Crippen molar-refractivity contribution >= 4 is 0 Å². The van der Waals surface area contributed by atoms with Crippen LogP contribution in [-0.4, -0.2) is 0 Å². The minimum absolute atomic E-state index is 1.27. The molecule has 0 N–H and O–H groups in total. The third-order valence-corrected chi connectivity index (χ3v) is 3.87. The van der Waals surface area contributed by atoms with Crippen LogP contribution in [0.4, 0.5) is 0 Å². The average molecular weight is 248 g/mol. The molecule has 0 heterocycles. The third-order valence-electron chi connectivity index (χ3n) is 3.87. The molecular weight excluding hydrogens is 216 g/mol. The first-order valence-corrected chi connectivity index (χ1v) is 8.32. The predicted octanol–water partition coefficient (Wildman–Crippen LogP) is 6.57. The maximum atomic E-state index is 2.33. The lowest BCUT2D eigenvalue weighted by Gasteiger charge is -2.02. The first-order valence-electron chi connectivity index (χ1n) is 8.32. The van der Waals surface area contributed by atoms with Crippen molar-refractivity contribution in [1.29, 1.82) is 0 Å². The summed E-state index contributed by atoms with van der Waals surface area (Å²) in [7, 11) is 0. The third kappa shape index (κ3) is 10.6. The van der Waals surface area contributed by atoms with Crippen LogP contribution in [0.3, 0.4) is 0 Å². The van der Waals surface area contributed by atoms with Gasteiger partial charge < -0.3 is 0 Å². The van der Waals surface area contributed by atoms with Crippen molar-refractivity contribution in [2.24, 2.45) is 0 Å². The summed E-state index contributed by atoms with van der Waals surface area (Å²) in [5.74, 6) is 0. The molecule has 0 atom stereocenters. The second-order valence-electron chi connectivity index (χ2n) is 5.68. The van der Waals surface area contributed by atoms with Crippen LogP contribution in [0.5, 0.6) is 0 Å². The second kappa shape index (κ2) is 12.9. The normalized spacial score (nSPS) is 25.8. The summed E-state index contributed by atoms with van der Waals surface area (Å²) in [6, 6.07) is 0. The molecule has 0 radical (unpaired) electrons. The quantitative estimate of drug-likeness (QED) is 0.454. The molecule has 0 aromatic rings. The summed E-state index contributed by atoms with van der Waals surface area (Å²) in [5, 5.41) is 0. The highest BCUT2D eigenvalue weighted by Crippen LogP contribution is 2.13. The molecule has 0 amide bonds. The van der Waals surface area contributed by atoms with E-state index in [2.05, 4.69) is 24.3 Å². The zero-order valence-corrected chi connectivity index (χ0v) is 12.2. The van der Waals surface area contributed by atoms with Crippen molar-refractivity contribution in [2.45, 2.75) is 89.9 Å². The Morgan fingerprint density at radius 1 is 0.333 bits per heavy atom. The zero-order valence-electron chi connectivity index (χ0n) is 12.2. The van der Waals surface area contributed by atoms with E-state index in [-0.39, 0.29) is 0 Å². The lowest BCUT2D eigenvalue weighted by molar-refractivity contribution is 0.542. The van der Waals surface area contributed by atoms with E-state index in [0.29, 0.717) is 0 Å². The Balaban J connectivity index is 2.13. The van der Waals surface area contributed by atoms with E-state index in [4.69, 9.17) is 0 Å². The predicted molar refractivity (Wildman–Crippen MR) is 82.9 cm³/mol. The molecule has 0 saturated heterocycles. The number of rotatable bonds is 0. The first-order chi connectivity index (χ1) is 9.00. The molecule has 1 aliphatic carbocycles. The van der Waals surface area contributed by atoms with Crippen LogP contribution in [0.25, 0.3) is 0 Å². The van der Waals surface area contributed by atoms with Gasteiger partial charge in [0.05, 0.1) is 0 Å². The maximum Gasteiger partial charge on any atom is -0.0348 e. The smallest absolute Gasteiger partial charge is 0.0348 e. The van der Waals surface area contributed by atoms with Gasteiger partial charge in [0, 0.05) is 0 Å². The van der Waals surface area contributed by atoms with Crippen molar-refractivity contribution in [3.05, 3.63) is 24.3 Å². The molecule has 0 spiro atoms. The molecule has 0 aliphatic heterocycles. The van der Waals surface area contributed by atoms with Crippen molar-refractivity contribution in [3.63, 3.8) is 0 Å². The van der Waals surface area contributed by atoms with Crippen molar-refractivity contribution in [2.75, 3.05) is 0 Å². The van der Waals surface area contributed by atoms with Gasteiger partial charge in [0.15, 0.2) is 0 Å². The Kier molecular flexibility index (Phi) is 11.2. The summed E-state index contributed by atoms with van der Waals surface area (Å²) in [5.41, 5.74) is 0. The van der Waals surface area contributed by atoms with E-state index in [0.717, 1.165) is 0 Å². The van der Waals surface area contributed by atoms with Gasteiger partial charge in [0.1, 0.15) is 0 Å². The molecule has 18 heavy (non-hydrogen) atoms. The van der Waals surface area contributed by atoms with Gasteiger partial charge in [-0.1, -0.05) is 88.5 Å². The van der Waals surface area contributed by atoms with E-state index >= 15 is 0 Å². The monoisotopic (exact) mass is 248 g/mol. The van der Waals surface area contributed by atoms with Crippen molar-refractivity contribution in [1.82, 2.24) is 0 Å². The fourth-order valence-electron chi connectivity index (χ4n) is 2.64. The van der Waals surface area contributed by atoms with Crippen LogP contribution in [0.15, 0.2) is 24.3 Å². The fourth-order valence-corrected chi connectivity index (χ4v) is 2.64. The summed E-state index contributed by atoms with van der Waals surface area (Å²) < 4.78 is 0. The molecule has 0 saturated carbocycles. The molecule has 0 bridgehead atoms. The average Bonchev–Trinajstić information content (AvgIpc) is 2.39. The molecular formula is C18H32. The summed E-state index contributed by atoms with van der Waals surface area (Å²) in [6.07, 6.45) is 29.0. The van der Waals surface area contributed by atoms with Gasteiger partial charge in [0.2, 0.25) is 0 Å². The number of hydrogen-bond donors (Lipinski definition) is 0. The SMILES string of the molecule is C1=C\CCCCCCCCCCCCCC/C=C/1. The van der Waals surface area contributed by atoms with Gasteiger partial charge in [-0.05, 0) is 25.7 Å².